The lowest BCUT2D eigenvalue weighted by atomic mass is 10.1. The molecule has 0 aliphatic rings. The zero-order valence-electron chi connectivity index (χ0n) is 11.0. The van der Waals surface area contributed by atoms with Crippen molar-refractivity contribution in [1.29, 1.82) is 5.26 Å². The van der Waals surface area contributed by atoms with E-state index in [0.29, 0.717) is 17.2 Å². The molecule has 102 valence electrons. The summed E-state index contributed by atoms with van der Waals surface area (Å²) in [6.45, 7) is 0. The Bertz CT molecular complexity index is 845. The van der Waals surface area contributed by atoms with Gasteiger partial charge in [-0.25, -0.2) is 9.37 Å². The predicted molar refractivity (Wildman–Crippen MR) is 78.1 cm³/mol. The van der Waals surface area contributed by atoms with E-state index in [4.69, 9.17) is 11.0 Å². The monoisotopic (exact) mass is 278 g/mol. The van der Waals surface area contributed by atoms with Crippen LogP contribution in [0, 0.1) is 17.1 Å². The molecule has 0 bridgehead atoms. The highest BCUT2D eigenvalue weighted by Crippen LogP contribution is 2.24. The molecule has 2 N–H and O–H groups in total. The van der Waals surface area contributed by atoms with Crippen molar-refractivity contribution in [3.05, 3.63) is 66.2 Å². The van der Waals surface area contributed by atoms with Crippen LogP contribution in [0.4, 0.5) is 10.1 Å². The molecule has 3 rings (SSSR count). The lowest BCUT2D eigenvalue weighted by Crippen LogP contribution is -2.00. The van der Waals surface area contributed by atoms with E-state index in [2.05, 4.69) is 4.98 Å². The number of nitriles is 1. The van der Waals surface area contributed by atoms with Crippen LogP contribution in [-0.4, -0.2) is 9.55 Å². The van der Waals surface area contributed by atoms with E-state index in [9.17, 15) is 4.39 Å². The van der Waals surface area contributed by atoms with Crippen LogP contribution in [0.1, 0.15) is 5.56 Å². The number of hydrogen-bond donors (Lipinski definition) is 1. The van der Waals surface area contributed by atoms with Gasteiger partial charge in [0.2, 0.25) is 0 Å². The van der Waals surface area contributed by atoms with E-state index in [1.54, 1.807) is 41.2 Å². The average Bonchev–Trinajstić information content (AvgIpc) is 2.96. The Morgan fingerprint density at radius 1 is 1.19 bits per heavy atom. The first-order chi connectivity index (χ1) is 10.2. The largest absolute Gasteiger partial charge is 0.399 e. The number of imidazole rings is 1. The molecule has 1 aromatic heterocycles. The molecule has 0 unspecified atom stereocenters. The molecule has 0 radical (unpaired) electrons. The number of nitrogen functional groups attached to an aromatic ring is 1. The predicted octanol–water partition coefficient (Wildman–Crippen LogP) is 3.13. The Kier molecular flexibility index (Phi) is 3.13. The lowest BCUT2D eigenvalue weighted by molar-refractivity contribution is 0.618. The van der Waals surface area contributed by atoms with Gasteiger partial charge in [0.15, 0.2) is 0 Å². The third-order valence-electron chi connectivity index (χ3n) is 3.12. The topological polar surface area (TPSA) is 67.6 Å². The fourth-order valence-corrected chi connectivity index (χ4v) is 2.16. The Morgan fingerprint density at radius 2 is 2.05 bits per heavy atom. The third-order valence-corrected chi connectivity index (χ3v) is 3.12. The standard InChI is InChI=1S/C16H11FN4/c17-14-8-11(10-18)4-5-15(14)21-7-6-20-16(21)12-2-1-3-13(19)9-12/h1-9H,19H2. The summed E-state index contributed by atoms with van der Waals surface area (Å²) in [4.78, 5) is 4.26. The van der Waals surface area contributed by atoms with E-state index in [1.165, 1.54) is 6.07 Å². The van der Waals surface area contributed by atoms with E-state index < -0.39 is 5.82 Å². The van der Waals surface area contributed by atoms with Crippen molar-refractivity contribution < 1.29 is 4.39 Å². The maximum Gasteiger partial charge on any atom is 0.148 e. The second-order valence-corrected chi connectivity index (χ2v) is 4.52. The van der Waals surface area contributed by atoms with Crippen LogP contribution in [0.2, 0.25) is 0 Å². The molecule has 5 heteroatoms. The molecule has 0 atom stereocenters. The summed E-state index contributed by atoms with van der Waals surface area (Å²) in [6, 6.07) is 13.5. The molecule has 0 aliphatic heterocycles. The molecular formula is C16H11FN4. The SMILES string of the molecule is N#Cc1ccc(-n2ccnc2-c2cccc(N)c2)c(F)c1. The van der Waals surface area contributed by atoms with Crippen LogP contribution < -0.4 is 5.73 Å². The summed E-state index contributed by atoms with van der Waals surface area (Å²) in [5.74, 6) is 0.114. The van der Waals surface area contributed by atoms with Gasteiger partial charge in [-0.2, -0.15) is 5.26 Å². The highest BCUT2D eigenvalue weighted by Gasteiger charge is 2.12. The highest BCUT2D eigenvalue weighted by molar-refractivity contribution is 5.63. The van der Waals surface area contributed by atoms with Crippen molar-refractivity contribution in [2.24, 2.45) is 0 Å². The number of halogens is 1. The van der Waals surface area contributed by atoms with Crippen molar-refractivity contribution in [1.82, 2.24) is 9.55 Å². The molecule has 0 aliphatic carbocycles. The smallest absolute Gasteiger partial charge is 0.148 e. The number of benzene rings is 2. The maximum absolute atomic E-state index is 14.2. The van der Waals surface area contributed by atoms with Gasteiger partial charge in [0.05, 0.1) is 17.3 Å². The number of nitrogens with zero attached hydrogens (tertiary/aromatic N) is 3. The van der Waals surface area contributed by atoms with E-state index >= 15 is 0 Å². The zero-order chi connectivity index (χ0) is 14.8. The molecule has 0 saturated heterocycles. The summed E-state index contributed by atoms with van der Waals surface area (Å²) in [5.41, 5.74) is 7.80. The van der Waals surface area contributed by atoms with Gasteiger partial charge in [-0.1, -0.05) is 12.1 Å². The summed E-state index contributed by atoms with van der Waals surface area (Å²) >= 11 is 0. The Balaban J connectivity index is 2.14. The third kappa shape index (κ3) is 2.35. The first-order valence-corrected chi connectivity index (χ1v) is 6.28. The Labute approximate surface area is 120 Å². The van der Waals surface area contributed by atoms with E-state index in [1.807, 2.05) is 18.2 Å². The van der Waals surface area contributed by atoms with Gasteiger partial charge in [-0.05, 0) is 30.3 Å². The highest BCUT2D eigenvalue weighted by atomic mass is 19.1. The van der Waals surface area contributed by atoms with Crippen molar-refractivity contribution in [3.8, 4) is 23.1 Å². The summed E-state index contributed by atoms with van der Waals surface area (Å²) in [7, 11) is 0. The van der Waals surface area contributed by atoms with Crippen molar-refractivity contribution in [2.75, 3.05) is 5.73 Å². The Morgan fingerprint density at radius 3 is 2.76 bits per heavy atom. The van der Waals surface area contributed by atoms with Gasteiger partial charge in [0.25, 0.3) is 0 Å². The van der Waals surface area contributed by atoms with Crippen molar-refractivity contribution in [2.45, 2.75) is 0 Å². The van der Waals surface area contributed by atoms with Gasteiger partial charge in [0, 0.05) is 23.6 Å². The molecule has 21 heavy (non-hydrogen) atoms. The first-order valence-electron chi connectivity index (χ1n) is 6.28. The van der Waals surface area contributed by atoms with E-state index in [-0.39, 0.29) is 5.56 Å². The van der Waals surface area contributed by atoms with Crippen molar-refractivity contribution >= 4 is 5.69 Å². The van der Waals surface area contributed by atoms with Crippen molar-refractivity contribution in [3.63, 3.8) is 0 Å². The molecule has 4 nitrogen and oxygen atoms in total. The first kappa shape index (κ1) is 12.9. The zero-order valence-corrected chi connectivity index (χ0v) is 11.0. The molecule has 3 aromatic rings. The second-order valence-electron chi connectivity index (χ2n) is 4.52. The van der Waals surface area contributed by atoms with Gasteiger partial charge < -0.3 is 5.73 Å². The van der Waals surface area contributed by atoms with Crippen LogP contribution in [-0.2, 0) is 0 Å². The quantitative estimate of drug-likeness (QED) is 0.732. The number of hydrogen-bond acceptors (Lipinski definition) is 3. The second kappa shape index (κ2) is 5.10. The summed E-state index contributed by atoms with van der Waals surface area (Å²) in [6.07, 6.45) is 3.26. The maximum atomic E-state index is 14.2. The summed E-state index contributed by atoms with van der Waals surface area (Å²) in [5, 5.41) is 8.80. The normalized spacial score (nSPS) is 10.3. The molecular weight excluding hydrogens is 267 g/mol. The minimum atomic E-state index is -0.475. The number of aromatic nitrogens is 2. The van der Waals surface area contributed by atoms with Crippen LogP contribution in [0.5, 0.6) is 0 Å². The van der Waals surface area contributed by atoms with Gasteiger partial charge in [-0.3, -0.25) is 4.57 Å². The number of nitrogens with two attached hydrogens (primary N) is 1. The van der Waals surface area contributed by atoms with Gasteiger partial charge >= 0.3 is 0 Å². The molecule has 1 heterocycles. The fraction of sp³-hybridized carbons (Fsp3) is 0. The fourth-order valence-electron chi connectivity index (χ4n) is 2.16. The van der Waals surface area contributed by atoms with Crippen LogP contribution in [0.25, 0.3) is 17.1 Å². The van der Waals surface area contributed by atoms with Gasteiger partial charge in [0.1, 0.15) is 11.6 Å². The number of anilines is 1. The van der Waals surface area contributed by atoms with Crippen LogP contribution in [0.3, 0.4) is 0 Å². The minimum Gasteiger partial charge on any atom is -0.399 e. The lowest BCUT2D eigenvalue weighted by Gasteiger charge is -2.09. The minimum absolute atomic E-state index is 0.280. The summed E-state index contributed by atoms with van der Waals surface area (Å²) < 4.78 is 15.8. The Hall–Kier alpha value is -3.13. The van der Waals surface area contributed by atoms with Crippen LogP contribution >= 0.6 is 0 Å². The van der Waals surface area contributed by atoms with Crippen LogP contribution in [0.15, 0.2) is 54.9 Å². The molecule has 0 saturated carbocycles. The molecule has 2 aromatic carbocycles. The molecule has 0 amide bonds. The molecule has 0 spiro atoms. The molecule has 0 fully saturated rings. The average molecular weight is 278 g/mol. The number of rotatable bonds is 2. The van der Waals surface area contributed by atoms with Gasteiger partial charge in [-0.15, -0.1) is 0 Å². The van der Waals surface area contributed by atoms with E-state index in [0.717, 1.165) is 5.56 Å².